The molecular formula is C24H22BN5O2. The Morgan fingerprint density at radius 1 is 0.906 bits per heavy atom. The topological polar surface area (TPSA) is 95.2 Å². The van der Waals surface area contributed by atoms with Gasteiger partial charge in [-0.3, -0.25) is 4.98 Å². The molecule has 7 nitrogen and oxygen atoms in total. The van der Waals surface area contributed by atoms with E-state index in [1.165, 1.54) is 0 Å². The van der Waals surface area contributed by atoms with Crippen molar-refractivity contribution in [3.05, 3.63) is 78.6 Å². The summed E-state index contributed by atoms with van der Waals surface area (Å²) in [6, 6.07) is 20.7. The van der Waals surface area contributed by atoms with Gasteiger partial charge in [-0.1, -0.05) is 6.32 Å². The van der Waals surface area contributed by atoms with Crippen molar-refractivity contribution >= 4 is 25.3 Å². The quantitative estimate of drug-likeness (QED) is 0.388. The predicted molar refractivity (Wildman–Crippen MR) is 127 cm³/mol. The lowest BCUT2D eigenvalue weighted by molar-refractivity contribution is 0.340. The van der Waals surface area contributed by atoms with E-state index in [-0.39, 0.29) is 5.95 Å². The second-order valence-electron chi connectivity index (χ2n) is 7.04. The number of aryl methyl sites for hydroxylation is 1. The zero-order valence-corrected chi connectivity index (χ0v) is 17.7. The van der Waals surface area contributed by atoms with Crippen LogP contribution < -0.4 is 20.5 Å². The normalized spacial score (nSPS) is 10.5. The highest BCUT2D eigenvalue weighted by Gasteiger charge is 2.07. The molecule has 3 N–H and O–H groups in total. The number of aromatic nitrogens is 3. The van der Waals surface area contributed by atoms with E-state index in [1.54, 1.807) is 6.20 Å². The fourth-order valence-corrected chi connectivity index (χ4v) is 3.05. The van der Waals surface area contributed by atoms with Crippen molar-refractivity contribution < 1.29 is 9.47 Å². The van der Waals surface area contributed by atoms with Crippen LogP contribution in [0.15, 0.2) is 72.9 Å². The van der Waals surface area contributed by atoms with Crippen LogP contribution in [-0.4, -0.2) is 29.4 Å². The van der Waals surface area contributed by atoms with E-state index in [4.69, 9.17) is 23.1 Å². The van der Waals surface area contributed by atoms with Gasteiger partial charge >= 0.3 is 0 Å². The van der Waals surface area contributed by atoms with E-state index >= 15 is 0 Å². The van der Waals surface area contributed by atoms with Crippen LogP contribution in [0.4, 0.5) is 17.5 Å². The maximum absolute atomic E-state index is 5.94. The molecule has 4 aromatic rings. The number of nitrogens with two attached hydrogens (primary N) is 1. The molecular weight excluding hydrogens is 401 g/mol. The Morgan fingerprint density at radius 3 is 2.38 bits per heavy atom. The van der Waals surface area contributed by atoms with Crippen molar-refractivity contribution in [1.82, 2.24) is 15.0 Å². The van der Waals surface area contributed by atoms with E-state index in [1.807, 2.05) is 73.7 Å². The summed E-state index contributed by atoms with van der Waals surface area (Å²) >= 11 is 0. The Bertz CT molecular complexity index is 1180. The Kier molecular flexibility index (Phi) is 6.50. The first-order valence-electron chi connectivity index (χ1n) is 10.1. The number of ether oxygens (including phenoxy) is 2. The van der Waals surface area contributed by atoms with Gasteiger partial charge in [0.05, 0.1) is 20.1 Å². The number of nitrogen functional groups attached to an aromatic ring is 1. The molecule has 2 aromatic carbocycles. The minimum Gasteiger partial charge on any atom is -0.494 e. The Labute approximate surface area is 188 Å². The lowest BCUT2D eigenvalue weighted by atomic mass is 10.1. The molecule has 0 aliphatic carbocycles. The Balaban J connectivity index is 1.47. The number of hydrogen-bond acceptors (Lipinski definition) is 7. The number of pyridine rings is 1. The van der Waals surface area contributed by atoms with E-state index < -0.39 is 0 Å². The van der Waals surface area contributed by atoms with E-state index in [9.17, 15) is 0 Å². The monoisotopic (exact) mass is 423 g/mol. The first kappa shape index (κ1) is 21.2. The van der Waals surface area contributed by atoms with E-state index in [0.29, 0.717) is 24.4 Å². The zero-order chi connectivity index (χ0) is 22.3. The molecule has 0 spiro atoms. The van der Waals surface area contributed by atoms with Gasteiger partial charge in [-0.25, -0.2) is 4.98 Å². The number of nitrogens with zero attached hydrogens (tertiary/aromatic N) is 3. The molecule has 0 saturated carbocycles. The molecule has 32 heavy (non-hydrogen) atoms. The van der Waals surface area contributed by atoms with Gasteiger partial charge in [0, 0.05) is 35.3 Å². The van der Waals surface area contributed by atoms with Crippen molar-refractivity contribution in [2.75, 3.05) is 17.7 Å². The summed E-state index contributed by atoms with van der Waals surface area (Å²) in [5.74, 6) is 2.99. The van der Waals surface area contributed by atoms with Crippen molar-refractivity contribution in [2.45, 2.75) is 13.2 Å². The van der Waals surface area contributed by atoms with Gasteiger partial charge in [-0.05, 0) is 61.5 Å². The summed E-state index contributed by atoms with van der Waals surface area (Å²) in [4.78, 5) is 12.8. The molecule has 2 aromatic heterocycles. The number of nitrogens with one attached hydrogen (secondary N) is 1. The molecule has 0 saturated heterocycles. The SMILES string of the molecule is [B]CCOc1ccc(-c2cc(Nc3ccc(Oc4ccnc(C)c4)cc3)nc(N)n2)cc1. The van der Waals surface area contributed by atoms with E-state index in [0.717, 1.165) is 34.2 Å². The molecule has 0 aliphatic heterocycles. The van der Waals surface area contributed by atoms with Crippen molar-refractivity contribution in [2.24, 2.45) is 0 Å². The van der Waals surface area contributed by atoms with Gasteiger partial charge < -0.3 is 20.5 Å². The molecule has 0 fully saturated rings. The molecule has 0 amide bonds. The predicted octanol–water partition coefficient (Wildman–Crippen LogP) is 4.93. The summed E-state index contributed by atoms with van der Waals surface area (Å²) in [6.07, 6.45) is 2.19. The molecule has 158 valence electrons. The minimum atomic E-state index is 0.182. The first-order chi connectivity index (χ1) is 15.6. The van der Waals surface area contributed by atoms with Crippen LogP contribution in [0.3, 0.4) is 0 Å². The number of hydrogen-bond donors (Lipinski definition) is 2. The largest absolute Gasteiger partial charge is 0.494 e. The van der Waals surface area contributed by atoms with Gasteiger partial charge in [0.15, 0.2) is 0 Å². The summed E-state index contributed by atoms with van der Waals surface area (Å²) in [7, 11) is 5.47. The van der Waals surface area contributed by atoms with Gasteiger partial charge in [-0.15, -0.1) is 0 Å². The molecule has 0 atom stereocenters. The highest BCUT2D eigenvalue weighted by molar-refractivity contribution is 6.08. The van der Waals surface area contributed by atoms with Gasteiger partial charge in [0.25, 0.3) is 0 Å². The average Bonchev–Trinajstić information content (AvgIpc) is 2.79. The van der Waals surface area contributed by atoms with Crippen LogP contribution in [0.25, 0.3) is 11.3 Å². The highest BCUT2D eigenvalue weighted by atomic mass is 16.5. The summed E-state index contributed by atoms with van der Waals surface area (Å²) in [6.45, 7) is 2.39. The highest BCUT2D eigenvalue weighted by Crippen LogP contribution is 2.27. The standard InChI is InChI=1S/C24H22BN5O2/c1-16-14-21(10-12-27-16)32-20-8-4-18(5-9-20)28-23-15-22(29-24(26)30-23)17-2-6-19(7-3-17)31-13-11-25/h2-10,12,14-15H,11,13H2,1H3,(H3,26,28,29,30). The number of anilines is 3. The van der Waals surface area contributed by atoms with Crippen LogP contribution in [0, 0.1) is 6.92 Å². The maximum Gasteiger partial charge on any atom is 0.222 e. The van der Waals surface area contributed by atoms with Gasteiger partial charge in [0.1, 0.15) is 23.1 Å². The van der Waals surface area contributed by atoms with Crippen LogP contribution in [-0.2, 0) is 0 Å². The third-order valence-electron chi connectivity index (χ3n) is 4.51. The average molecular weight is 423 g/mol. The molecule has 2 heterocycles. The molecule has 0 bridgehead atoms. The second kappa shape index (κ2) is 9.83. The van der Waals surface area contributed by atoms with Crippen LogP contribution in [0.1, 0.15) is 5.69 Å². The number of benzene rings is 2. The lowest BCUT2D eigenvalue weighted by Crippen LogP contribution is -2.01. The Morgan fingerprint density at radius 2 is 1.66 bits per heavy atom. The molecule has 0 unspecified atom stereocenters. The molecule has 0 aliphatic rings. The zero-order valence-electron chi connectivity index (χ0n) is 17.7. The maximum atomic E-state index is 5.94. The van der Waals surface area contributed by atoms with Crippen molar-refractivity contribution in [1.29, 1.82) is 0 Å². The summed E-state index contributed by atoms with van der Waals surface area (Å²) in [5, 5.41) is 3.26. The molecule has 2 radical (unpaired) electrons. The second-order valence-corrected chi connectivity index (χ2v) is 7.04. The lowest BCUT2D eigenvalue weighted by Gasteiger charge is -2.11. The fourth-order valence-electron chi connectivity index (χ4n) is 3.05. The van der Waals surface area contributed by atoms with Crippen LogP contribution in [0.5, 0.6) is 17.2 Å². The van der Waals surface area contributed by atoms with Crippen LogP contribution in [0.2, 0.25) is 6.32 Å². The summed E-state index contributed by atoms with van der Waals surface area (Å²) in [5.41, 5.74) is 9.29. The summed E-state index contributed by atoms with van der Waals surface area (Å²) < 4.78 is 11.4. The van der Waals surface area contributed by atoms with Crippen molar-refractivity contribution in [3.63, 3.8) is 0 Å². The van der Waals surface area contributed by atoms with Gasteiger partial charge in [0.2, 0.25) is 5.95 Å². The molecule has 4 rings (SSSR count). The Hall–Kier alpha value is -4.07. The minimum absolute atomic E-state index is 0.182. The van der Waals surface area contributed by atoms with E-state index in [2.05, 4.69) is 20.3 Å². The molecule has 8 heteroatoms. The number of rotatable bonds is 8. The smallest absolute Gasteiger partial charge is 0.222 e. The first-order valence-corrected chi connectivity index (χ1v) is 10.1. The third kappa shape index (κ3) is 5.54. The van der Waals surface area contributed by atoms with Crippen LogP contribution >= 0.6 is 0 Å². The van der Waals surface area contributed by atoms with Crippen molar-refractivity contribution in [3.8, 4) is 28.5 Å². The third-order valence-corrected chi connectivity index (χ3v) is 4.51. The fraction of sp³-hybridized carbons (Fsp3) is 0.125. The van der Waals surface area contributed by atoms with Gasteiger partial charge in [-0.2, -0.15) is 4.98 Å².